The van der Waals surface area contributed by atoms with Crippen LogP contribution in [-0.4, -0.2) is 87.5 Å². The van der Waals surface area contributed by atoms with Crippen LogP contribution in [0.1, 0.15) is 162 Å². The highest BCUT2D eigenvalue weighted by molar-refractivity contribution is 5.76. The number of hydrogen-bond acceptors (Lipinski definition) is 8. The highest BCUT2D eigenvalue weighted by Gasteiger charge is 2.44. The van der Waals surface area contributed by atoms with Crippen LogP contribution in [0.15, 0.2) is 36.0 Å². The first-order valence-corrected chi connectivity index (χ1v) is 20.1. The van der Waals surface area contributed by atoms with Gasteiger partial charge in [0.05, 0.1) is 25.4 Å². The molecule has 0 aliphatic carbocycles. The van der Waals surface area contributed by atoms with Crippen molar-refractivity contribution < 1.29 is 39.8 Å². The number of rotatable bonds is 31. The first kappa shape index (κ1) is 46.4. The summed E-state index contributed by atoms with van der Waals surface area (Å²) in [6.45, 7) is 5.78. The van der Waals surface area contributed by atoms with Crippen molar-refractivity contribution in [2.75, 3.05) is 13.2 Å². The summed E-state index contributed by atoms with van der Waals surface area (Å²) in [6, 6.07) is -0.828. The second-order valence-corrected chi connectivity index (χ2v) is 14.2. The van der Waals surface area contributed by atoms with Gasteiger partial charge in [0.15, 0.2) is 6.29 Å². The number of amides is 1. The molecule has 9 heteroatoms. The summed E-state index contributed by atoms with van der Waals surface area (Å²) in [5.41, 5.74) is 1.21. The van der Waals surface area contributed by atoms with Crippen molar-refractivity contribution in [3.63, 3.8) is 0 Å². The van der Waals surface area contributed by atoms with E-state index in [9.17, 15) is 30.3 Å². The molecule has 0 radical (unpaired) electrons. The summed E-state index contributed by atoms with van der Waals surface area (Å²) in [7, 11) is 0. The Morgan fingerprint density at radius 2 is 1.30 bits per heavy atom. The summed E-state index contributed by atoms with van der Waals surface area (Å²) in [5.74, 6) is -0.196. The first-order valence-electron chi connectivity index (χ1n) is 20.1. The number of unbranched alkanes of at least 4 members (excludes halogenated alkanes) is 18. The van der Waals surface area contributed by atoms with Gasteiger partial charge in [-0.3, -0.25) is 4.79 Å². The molecule has 1 aliphatic heterocycles. The first-order chi connectivity index (χ1) is 24.2. The number of nitrogens with one attached hydrogen (secondary N) is 1. The smallest absolute Gasteiger partial charge is 0.220 e. The van der Waals surface area contributed by atoms with Crippen molar-refractivity contribution in [3.05, 3.63) is 36.0 Å². The Labute approximate surface area is 304 Å². The maximum atomic E-state index is 12.9. The highest BCUT2D eigenvalue weighted by atomic mass is 16.7. The van der Waals surface area contributed by atoms with E-state index in [-0.39, 0.29) is 12.5 Å². The zero-order valence-electron chi connectivity index (χ0n) is 31.9. The molecule has 1 amide bonds. The molecule has 0 saturated carbocycles. The standard InChI is InChI=1S/C41H75NO8/c1-4-6-8-10-12-13-14-15-16-17-19-21-26-30-37(45)42-34(32-49-41-40(48)39(47)38(46)36(31-43)50-41)35(44)29-25-22-24-28-33(3)27-23-20-18-11-9-7-5-2/h23,25,27-29,34-36,38-41,43-44,46-48H,4-22,24,26,30-32H2,1-3H3,(H,42,45)/b27-23+,29-25+,33-28+/t34?,35?,36?,38-,39?,40?,41+/m1/s1. The fraction of sp³-hybridized carbons (Fsp3) is 0.829. The molecule has 1 heterocycles. The molecule has 9 nitrogen and oxygen atoms in total. The Morgan fingerprint density at radius 3 is 1.88 bits per heavy atom. The van der Waals surface area contributed by atoms with E-state index in [2.05, 4.69) is 44.3 Å². The topological polar surface area (TPSA) is 149 Å². The Balaban J connectivity index is 2.54. The molecule has 1 saturated heterocycles. The van der Waals surface area contributed by atoms with Gasteiger partial charge in [0.1, 0.15) is 24.4 Å². The van der Waals surface area contributed by atoms with Gasteiger partial charge in [-0.15, -0.1) is 0 Å². The molecule has 5 unspecified atom stereocenters. The van der Waals surface area contributed by atoms with Gasteiger partial charge < -0.3 is 40.3 Å². The molecule has 1 fully saturated rings. The zero-order chi connectivity index (χ0) is 36.8. The minimum atomic E-state index is -1.57. The summed E-state index contributed by atoms with van der Waals surface area (Å²) < 4.78 is 11.2. The number of aliphatic hydroxyl groups excluding tert-OH is 5. The van der Waals surface area contributed by atoms with Crippen molar-refractivity contribution in [1.29, 1.82) is 0 Å². The van der Waals surface area contributed by atoms with Crippen molar-refractivity contribution in [2.45, 2.75) is 205 Å². The van der Waals surface area contributed by atoms with E-state index in [1.807, 2.05) is 6.08 Å². The molecule has 1 aliphatic rings. The monoisotopic (exact) mass is 710 g/mol. The van der Waals surface area contributed by atoms with Gasteiger partial charge in [0.25, 0.3) is 0 Å². The summed E-state index contributed by atoms with van der Waals surface area (Å²) >= 11 is 0. The zero-order valence-corrected chi connectivity index (χ0v) is 31.9. The predicted molar refractivity (Wildman–Crippen MR) is 203 cm³/mol. The number of allylic oxidation sites excluding steroid dienone is 5. The summed E-state index contributed by atoms with van der Waals surface area (Å²) in [4.78, 5) is 12.9. The Hall–Kier alpha value is -1.59. The fourth-order valence-electron chi connectivity index (χ4n) is 6.19. The van der Waals surface area contributed by atoms with Crippen LogP contribution in [0, 0.1) is 0 Å². The molecular formula is C41H75NO8. The van der Waals surface area contributed by atoms with Crippen molar-refractivity contribution in [1.82, 2.24) is 5.32 Å². The molecule has 0 aromatic heterocycles. The number of carbonyl (C=O) groups excluding carboxylic acids is 1. The van der Waals surface area contributed by atoms with Crippen molar-refractivity contribution >= 4 is 5.91 Å². The quantitative estimate of drug-likeness (QED) is 0.0249. The number of ether oxygens (including phenoxy) is 2. The minimum Gasteiger partial charge on any atom is -0.394 e. The van der Waals surface area contributed by atoms with Crippen LogP contribution in [-0.2, 0) is 14.3 Å². The maximum Gasteiger partial charge on any atom is 0.220 e. The van der Waals surface area contributed by atoms with Gasteiger partial charge in [-0.2, -0.15) is 0 Å². The lowest BCUT2D eigenvalue weighted by molar-refractivity contribution is -0.302. The van der Waals surface area contributed by atoms with Crippen LogP contribution in [0.5, 0.6) is 0 Å². The molecule has 1 rings (SSSR count). The second kappa shape index (κ2) is 31.0. The van der Waals surface area contributed by atoms with Gasteiger partial charge in [-0.25, -0.2) is 0 Å². The number of aliphatic hydroxyl groups is 5. The largest absolute Gasteiger partial charge is 0.394 e. The van der Waals surface area contributed by atoms with Gasteiger partial charge >= 0.3 is 0 Å². The van der Waals surface area contributed by atoms with Crippen LogP contribution < -0.4 is 5.32 Å². The third-order valence-electron chi connectivity index (χ3n) is 9.54. The molecule has 0 bridgehead atoms. The van der Waals surface area contributed by atoms with Crippen LogP contribution in [0.3, 0.4) is 0 Å². The van der Waals surface area contributed by atoms with E-state index in [1.54, 1.807) is 6.08 Å². The van der Waals surface area contributed by atoms with E-state index in [1.165, 1.54) is 102 Å². The van der Waals surface area contributed by atoms with E-state index in [0.29, 0.717) is 12.8 Å². The number of carbonyl (C=O) groups is 1. The highest BCUT2D eigenvalue weighted by Crippen LogP contribution is 2.22. The average molecular weight is 710 g/mol. The molecule has 292 valence electrons. The minimum absolute atomic E-state index is 0.196. The predicted octanol–water partition coefficient (Wildman–Crippen LogP) is 7.33. The van der Waals surface area contributed by atoms with Crippen molar-refractivity contribution in [3.8, 4) is 0 Å². The molecule has 0 aromatic rings. The van der Waals surface area contributed by atoms with Crippen LogP contribution in [0.25, 0.3) is 0 Å². The third-order valence-corrected chi connectivity index (χ3v) is 9.54. The molecule has 50 heavy (non-hydrogen) atoms. The Kier molecular flexibility index (Phi) is 28.8. The molecule has 0 spiro atoms. The molecular weight excluding hydrogens is 634 g/mol. The lowest BCUT2D eigenvalue weighted by atomic mass is 9.99. The SMILES string of the molecule is CCCCCCC/C=C/C(C)=C/CC/C=C/C(O)C(CO[C@H]1OC(CO)[C@@H](O)C(O)C1O)NC(=O)CCCCCCCCCCCCCCC. The van der Waals surface area contributed by atoms with Crippen LogP contribution >= 0.6 is 0 Å². The van der Waals surface area contributed by atoms with Crippen LogP contribution in [0.2, 0.25) is 0 Å². The molecule has 7 atom stereocenters. The van der Waals surface area contributed by atoms with Gasteiger partial charge in [-0.05, 0) is 39.0 Å². The third kappa shape index (κ3) is 22.4. The van der Waals surface area contributed by atoms with E-state index in [0.717, 1.165) is 32.1 Å². The average Bonchev–Trinajstić information content (AvgIpc) is 3.11. The van der Waals surface area contributed by atoms with E-state index in [4.69, 9.17) is 9.47 Å². The lowest BCUT2D eigenvalue weighted by Crippen LogP contribution is -2.60. The second-order valence-electron chi connectivity index (χ2n) is 14.2. The van der Waals surface area contributed by atoms with E-state index < -0.39 is 49.5 Å². The lowest BCUT2D eigenvalue weighted by Gasteiger charge is -2.40. The van der Waals surface area contributed by atoms with Crippen molar-refractivity contribution in [2.24, 2.45) is 0 Å². The Bertz CT molecular complexity index is 907. The van der Waals surface area contributed by atoms with E-state index >= 15 is 0 Å². The van der Waals surface area contributed by atoms with Crippen LogP contribution in [0.4, 0.5) is 0 Å². The molecule has 0 aromatic carbocycles. The maximum absolute atomic E-state index is 12.9. The van der Waals surface area contributed by atoms with Gasteiger partial charge in [0.2, 0.25) is 5.91 Å². The molecule has 6 N–H and O–H groups in total. The summed E-state index contributed by atoms with van der Waals surface area (Å²) in [5, 5.41) is 54.0. The number of hydrogen-bond donors (Lipinski definition) is 6. The van der Waals surface area contributed by atoms with Gasteiger partial charge in [-0.1, -0.05) is 153 Å². The summed E-state index contributed by atoms with van der Waals surface area (Å²) in [6.07, 6.45) is 27.2. The Morgan fingerprint density at radius 1 is 0.740 bits per heavy atom. The normalized spacial score (nSPS) is 22.8. The fourth-order valence-corrected chi connectivity index (χ4v) is 6.19. The van der Waals surface area contributed by atoms with Gasteiger partial charge in [0, 0.05) is 6.42 Å².